The molecule has 0 amide bonds. The number of nitrogens with two attached hydrogens (primary N) is 1. The third-order valence-electron chi connectivity index (χ3n) is 4.42. The predicted molar refractivity (Wildman–Crippen MR) is 106 cm³/mol. The molecule has 3 aromatic heterocycles. The maximum absolute atomic E-state index is 6.53. The highest BCUT2D eigenvalue weighted by Crippen LogP contribution is 2.32. The van der Waals surface area contributed by atoms with Crippen LogP contribution >= 0.6 is 12.4 Å². The summed E-state index contributed by atoms with van der Waals surface area (Å²) in [5.74, 6) is 0. The monoisotopic (exact) mass is 365 g/mol. The van der Waals surface area contributed by atoms with Gasteiger partial charge in [0.15, 0.2) is 0 Å². The Morgan fingerprint density at radius 2 is 1.85 bits per heavy atom. The van der Waals surface area contributed by atoms with Gasteiger partial charge < -0.3 is 5.73 Å². The van der Waals surface area contributed by atoms with Gasteiger partial charge in [-0.2, -0.15) is 5.10 Å². The third kappa shape index (κ3) is 3.31. The summed E-state index contributed by atoms with van der Waals surface area (Å²) in [7, 11) is 1.93. The maximum atomic E-state index is 6.53. The zero-order valence-electron chi connectivity index (χ0n) is 14.4. The number of benzene rings is 1. The molecule has 0 fully saturated rings. The molecule has 1 aromatic carbocycles. The molecule has 4 rings (SSSR count). The van der Waals surface area contributed by atoms with Crippen LogP contribution in [0.3, 0.4) is 0 Å². The van der Waals surface area contributed by atoms with Crippen LogP contribution in [0.1, 0.15) is 17.3 Å². The molecule has 26 heavy (non-hydrogen) atoms. The first-order valence-electron chi connectivity index (χ1n) is 8.25. The molecule has 5 nitrogen and oxygen atoms in total. The molecule has 4 aromatic rings. The lowest BCUT2D eigenvalue weighted by Crippen LogP contribution is -2.15. The van der Waals surface area contributed by atoms with Crippen molar-refractivity contribution in [1.29, 1.82) is 0 Å². The largest absolute Gasteiger partial charge is 0.324 e. The summed E-state index contributed by atoms with van der Waals surface area (Å²) in [6, 6.07) is 15.9. The Kier molecular flexibility index (Phi) is 5.30. The van der Waals surface area contributed by atoms with Gasteiger partial charge in [0.25, 0.3) is 0 Å². The second-order valence-electron chi connectivity index (χ2n) is 6.08. The number of hydrogen-bond donors (Lipinski definition) is 1. The van der Waals surface area contributed by atoms with E-state index in [1.807, 2.05) is 54.3 Å². The minimum Gasteiger partial charge on any atom is -0.324 e. The standard InChI is InChI=1S/C20H19N5.ClH/c1-25-19-13-22-11-9-17(19)20(24-25)16-8-3-2-7-15(16)18(21)12-14-6-4-5-10-23-14;/h2-11,13,18H,12,21H2,1H3;1H/t18-;/m0./s1. The van der Waals surface area contributed by atoms with Gasteiger partial charge in [-0.1, -0.05) is 30.3 Å². The molecule has 6 heteroatoms. The van der Waals surface area contributed by atoms with Gasteiger partial charge >= 0.3 is 0 Å². The van der Waals surface area contributed by atoms with Crippen LogP contribution in [0.15, 0.2) is 67.1 Å². The molecule has 2 N–H and O–H groups in total. The van der Waals surface area contributed by atoms with Crippen molar-refractivity contribution in [3.8, 4) is 11.3 Å². The van der Waals surface area contributed by atoms with Crippen molar-refractivity contribution in [2.75, 3.05) is 0 Å². The lowest BCUT2D eigenvalue weighted by Gasteiger charge is -2.15. The highest BCUT2D eigenvalue weighted by atomic mass is 35.5. The fraction of sp³-hybridized carbons (Fsp3) is 0.150. The molecule has 3 heterocycles. The van der Waals surface area contributed by atoms with E-state index in [0.717, 1.165) is 33.4 Å². The van der Waals surface area contributed by atoms with E-state index in [1.165, 1.54) is 0 Å². The van der Waals surface area contributed by atoms with Crippen molar-refractivity contribution in [2.45, 2.75) is 12.5 Å². The van der Waals surface area contributed by atoms with Gasteiger partial charge in [-0.15, -0.1) is 12.4 Å². The van der Waals surface area contributed by atoms with E-state index in [2.05, 4.69) is 22.1 Å². The van der Waals surface area contributed by atoms with E-state index in [0.29, 0.717) is 6.42 Å². The molecule has 0 aliphatic heterocycles. The third-order valence-corrected chi connectivity index (χ3v) is 4.42. The Hall–Kier alpha value is -2.76. The van der Waals surface area contributed by atoms with Crippen LogP contribution in [-0.2, 0) is 13.5 Å². The van der Waals surface area contributed by atoms with Crippen LogP contribution in [0, 0.1) is 0 Å². The fourth-order valence-electron chi connectivity index (χ4n) is 3.19. The average molecular weight is 366 g/mol. The first-order valence-corrected chi connectivity index (χ1v) is 8.25. The van der Waals surface area contributed by atoms with Gasteiger partial charge in [-0.25, -0.2) is 0 Å². The number of rotatable bonds is 4. The highest BCUT2D eigenvalue weighted by Gasteiger charge is 2.17. The SMILES string of the molecule is Cl.Cn1nc(-c2ccccc2[C@@H](N)Cc2ccccn2)c2ccncc21. The maximum Gasteiger partial charge on any atom is 0.101 e. The van der Waals surface area contributed by atoms with Crippen molar-refractivity contribution >= 4 is 23.3 Å². The lowest BCUT2D eigenvalue weighted by molar-refractivity contribution is 0.707. The lowest BCUT2D eigenvalue weighted by atomic mass is 9.94. The summed E-state index contributed by atoms with van der Waals surface area (Å²) < 4.78 is 1.86. The molecule has 0 radical (unpaired) electrons. The molecular weight excluding hydrogens is 346 g/mol. The number of aromatic nitrogens is 4. The molecule has 0 saturated heterocycles. The van der Waals surface area contributed by atoms with E-state index in [4.69, 9.17) is 10.8 Å². The molecule has 0 saturated carbocycles. The van der Waals surface area contributed by atoms with E-state index >= 15 is 0 Å². The number of nitrogens with zero attached hydrogens (tertiary/aromatic N) is 4. The van der Waals surface area contributed by atoms with Gasteiger partial charge in [0.2, 0.25) is 0 Å². The quantitative estimate of drug-likeness (QED) is 0.598. The van der Waals surface area contributed by atoms with Crippen LogP contribution in [0.4, 0.5) is 0 Å². The average Bonchev–Trinajstić information content (AvgIpc) is 3.00. The van der Waals surface area contributed by atoms with E-state index < -0.39 is 0 Å². The number of halogens is 1. The number of pyridine rings is 2. The topological polar surface area (TPSA) is 69.6 Å². The Morgan fingerprint density at radius 1 is 1.04 bits per heavy atom. The summed E-state index contributed by atoms with van der Waals surface area (Å²) >= 11 is 0. The number of hydrogen-bond acceptors (Lipinski definition) is 4. The van der Waals surface area contributed by atoms with Gasteiger partial charge in [-0.3, -0.25) is 14.6 Å². The van der Waals surface area contributed by atoms with Crippen molar-refractivity contribution < 1.29 is 0 Å². The Morgan fingerprint density at radius 3 is 2.65 bits per heavy atom. The van der Waals surface area contributed by atoms with E-state index in [1.54, 1.807) is 12.4 Å². The molecule has 0 bridgehead atoms. The zero-order valence-corrected chi connectivity index (χ0v) is 15.2. The normalized spacial score (nSPS) is 11.9. The van der Waals surface area contributed by atoms with Crippen LogP contribution in [0.2, 0.25) is 0 Å². The molecule has 1 atom stereocenters. The fourth-order valence-corrected chi connectivity index (χ4v) is 3.19. The second-order valence-corrected chi connectivity index (χ2v) is 6.08. The summed E-state index contributed by atoms with van der Waals surface area (Å²) in [4.78, 5) is 8.59. The number of fused-ring (bicyclic) bond motifs is 1. The molecule has 0 unspecified atom stereocenters. The van der Waals surface area contributed by atoms with Crippen LogP contribution < -0.4 is 5.73 Å². The van der Waals surface area contributed by atoms with Crippen LogP contribution in [0.5, 0.6) is 0 Å². The van der Waals surface area contributed by atoms with Crippen molar-refractivity contribution in [1.82, 2.24) is 19.7 Å². The summed E-state index contributed by atoms with van der Waals surface area (Å²) in [5, 5.41) is 5.79. The van der Waals surface area contributed by atoms with Gasteiger partial charge in [0.1, 0.15) is 5.69 Å². The molecule has 0 aliphatic carbocycles. The van der Waals surface area contributed by atoms with Crippen LogP contribution in [-0.4, -0.2) is 19.7 Å². The van der Waals surface area contributed by atoms with Crippen molar-refractivity contribution in [3.63, 3.8) is 0 Å². The van der Waals surface area contributed by atoms with Crippen molar-refractivity contribution in [3.05, 3.63) is 78.4 Å². The smallest absolute Gasteiger partial charge is 0.101 e. The Bertz CT molecular complexity index is 1010. The van der Waals surface area contributed by atoms with E-state index in [9.17, 15) is 0 Å². The van der Waals surface area contributed by atoms with Gasteiger partial charge in [0.05, 0.1) is 11.7 Å². The van der Waals surface area contributed by atoms with Crippen LogP contribution in [0.25, 0.3) is 22.2 Å². The summed E-state index contributed by atoms with van der Waals surface area (Å²) in [6.45, 7) is 0. The van der Waals surface area contributed by atoms with Gasteiger partial charge in [-0.05, 0) is 23.8 Å². The Balaban J connectivity index is 0.00000196. The zero-order chi connectivity index (χ0) is 17.2. The van der Waals surface area contributed by atoms with E-state index in [-0.39, 0.29) is 18.4 Å². The van der Waals surface area contributed by atoms with Gasteiger partial charge in [0, 0.05) is 48.5 Å². The Labute approximate surface area is 158 Å². The first-order chi connectivity index (χ1) is 12.2. The number of aryl methyl sites for hydroxylation is 1. The van der Waals surface area contributed by atoms with Crippen molar-refractivity contribution in [2.24, 2.45) is 12.8 Å². The molecule has 132 valence electrons. The summed E-state index contributed by atoms with van der Waals surface area (Å²) in [6.07, 6.45) is 6.11. The minimum atomic E-state index is -0.148. The molecule has 0 spiro atoms. The molecular formula is C20H20ClN5. The molecule has 0 aliphatic rings. The minimum absolute atomic E-state index is 0. The second kappa shape index (κ2) is 7.64. The first kappa shape index (κ1) is 18.0. The predicted octanol–water partition coefficient (Wildman–Crippen LogP) is 3.69. The summed E-state index contributed by atoms with van der Waals surface area (Å²) in [5.41, 5.74) is 11.6. The highest BCUT2D eigenvalue weighted by molar-refractivity contribution is 5.93.